The van der Waals surface area contributed by atoms with Crippen molar-refractivity contribution < 1.29 is 4.74 Å². The monoisotopic (exact) mass is 328 g/mol. The van der Waals surface area contributed by atoms with Crippen LogP contribution in [-0.2, 0) is 11.3 Å². The van der Waals surface area contributed by atoms with Crippen molar-refractivity contribution >= 4 is 33.5 Å². The lowest BCUT2D eigenvalue weighted by molar-refractivity contribution is 0.0951. The van der Waals surface area contributed by atoms with Crippen LogP contribution in [0, 0.1) is 3.57 Å². The summed E-state index contributed by atoms with van der Waals surface area (Å²) in [6, 6.07) is 6.41. The fourth-order valence-electron chi connectivity index (χ4n) is 2.17. The summed E-state index contributed by atoms with van der Waals surface area (Å²) in [7, 11) is 0. The molecule has 2 heterocycles. The summed E-state index contributed by atoms with van der Waals surface area (Å²) in [6.07, 6.45) is 4.62. The summed E-state index contributed by atoms with van der Waals surface area (Å²) in [6.45, 7) is 1.78. The highest BCUT2D eigenvalue weighted by Gasteiger charge is 2.17. The van der Waals surface area contributed by atoms with Gasteiger partial charge in [-0.3, -0.25) is 4.68 Å². The summed E-state index contributed by atoms with van der Waals surface area (Å²) >= 11 is 2.33. The van der Waals surface area contributed by atoms with Gasteiger partial charge in [0.2, 0.25) is 0 Å². The lowest BCUT2D eigenvalue weighted by atomic mass is 10.2. The topological polar surface area (TPSA) is 27.1 Å². The minimum atomic E-state index is 0.348. The van der Waals surface area contributed by atoms with E-state index in [4.69, 9.17) is 4.74 Å². The Morgan fingerprint density at radius 3 is 3.25 bits per heavy atom. The second-order valence-corrected chi connectivity index (χ2v) is 5.41. The first-order chi connectivity index (χ1) is 7.83. The Labute approximate surface area is 108 Å². The molecule has 0 amide bonds. The van der Waals surface area contributed by atoms with Gasteiger partial charge in [0.25, 0.3) is 0 Å². The molecule has 1 fully saturated rings. The molecule has 1 aromatic heterocycles. The average Bonchev–Trinajstić information content (AvgIpc) is 2.90. The fraction of sp³-hybridized carbons (Fsp3) is 0.417. The molecule has 0 radical (unpaired) electrons. The van der Waals surface area contributed by atoms with E-state index in [9.17, 15) is 0 Å². The highest BCUT2D eigenvalue weighted by molar-refractivity contribution is 14.1. The van der Waals surface area contributed by atoms with Crippen LogP contribution in [0.2, 0.25) is 0 Å². The van der Waals surface area contributed by atoms with E-state index in [0.29, 0.717) is 6.10 Å². The van der Waals surface area contributed by atoms with Crippen LogP contribution in [0.4, 0.5) is 0 Å². The van der Waals surface area contributed by atoms with Crippen LogP contribution in [0.5, 0.6) is 0 Å². The van der Waals surface area contributed by atoms with Gasteiger partial charge < -0.3 is 4.74 Å². The predicted molar refractivity (Wildman–Crippen MR) is 71.4 cm³/mol. The Kier molecular flexibility index (Phi) is 2.85. The van der Waals surface area contributed by atoms with E-state index in [2.05, 4.69) is 50.6 Å². The van der Waals surface area contributed by atoms with Crippen LogP contribution in [0.3, 0.4) is 0 Å². The molecule has 1 unspecified atom stereocenters. The van der Waals surface area contributed by atoms with Crippen molar-refractivity contribution in [1.29, 1.82) is 0 Å². The Bertz CT molecular complexity index is 503. The Morgan fingerprint density at radius 1 is 1.50 bits per heavy atom. The van der Waals surface area contributed by atoms with Crippen molar-refractivity contribution in [2.45, 2.75) is 25.5 Å². The number of fused-ring (bicyclic) bond motifs is 1. The molecule has 1 saturated heterocycles. The quantitative estimate of drug-likeness (QED) is 0.793. The number of hydrogen-bond donors (Lipinski definition) is 0. The van der Waals surface area contributed by atoms with Gasteiger partial charge in [0.05, 0.1) is 24.4 Å². The third kappa shape index (κ3) is 1.96. The van der Waals surface area contributed by atoms with Gasteiger partial charge >= 0.3 is 0 Å². The molecule has 1 aliphatic rings. The molecule has 1 aromatic carbocycles. The number of nitrogens with zero attached hydrogens (tertiary/aromatic N) is 2. The molecular formula is C12H13IN2O. The minimum Gasteiger partial charge on any atom is -0.376 e. The molecule has 1 atom stereocenters. The maximum atomic E-state index is 5.64. The standard InChI is InChI=1S/C12H13IN2O/c13-10-4-3-9-7-14-15(12(9)6-10)8-11-2-1-5-16-11/h3-4,6-7,11H,1-2,5,8H2. The highest BCUT2D eigenvalue weighted by Crippen LogP contribution is 2.20. The molecule has 4 heteroatoms. The number of rotatable bonds is 2. The van der Waals surface area contributed by atoms with Crippen LogP contribution < -0.4 is 0 Å². The van der Waals surface area contributed by atoms with Gasteiger partial charge in [-0.05, 0) is 47.6 Å². The summed E-state index contributed by atoms with van der Waals surface area (Å²) in [5.41, 5.74) is 1.21. The molecule has 0 aliphatic carbocycles. The van der Waals surface area contributed by atoms with E-state index in [1.54, 1.807) is 0 Å². The van der Waals surface area contributed by atoms with Crippen LogP contribution in [0.1, 0.15) is 12.8 Å². The Hall–Kier alpha value is -0.620. The van der Waals surface area contributed by atoms with Gasteiger partial charge in [-0.2, -0.15) is 5.10 Å². The van der Waals surface area contributed by atoms with E-state index in [1.807, 2.05) is 6.20 Å². The Balaban J connectivity index is 1.93. The van der Waals surface area contributed by atoms with E-state index in [0.717, 1.165) is 19.6 Å². The van der Waals surface area contributed by atoms with Crippen molar-refractivity contribution in [3.8, 4) is 0 Å². The third-order valence-electron chi connectivity index (χ3n) is 3.01. The molecule has 0 bridgehead atoms. The maximum absolute atomic E-state index is 5.64. The first-order valence-corrected chi connectivity index (χ1v) is 6.63. The smallest absolute Gasteiger partial charge is 0.0772 e. The number of halogens is 1. The van der Waals surface area contributed by atoms with E-state index < -0.39 is 0 Å². The van der Waals surface area contributed by atoms with Crippen molar-refractivity contribution in [3.05, 3.63) is 28.0 Å². The van der Waals surface area contributed by atoms with Crippen molar-refractivity contribution in [2.75, 3.05) is 6.61 Å². The first-order valence-electron chi connectivity index (χ1n) is 5.55. The van der Waals surface area contributed by atoms with Crippen LogP contribution in [0.25, 0.3) is 10.9 Å². The highest BCUT2D eigenvalue weighted by atomic mass is 127. The summed E-state index contributed by atoms with van der Waals surface area (Å²) in [5.74, 6) is 0. The Morgan fingerprint density at radius 2 is 2.44 bits per heavy atom. The van der Waals surface area contributed by atoms with Gasteiger partial charge in [-0.15, -0.1) is 0 Å². The summed E-state index contributed by atoms with van der Waals surface area (Å²) < 4.78 is 8.95. The molecule has 3 rings (SSSR count). The third-order valence-corrected chi connectivity index (χ3v) is 3.68. The number of benzene rings is 1. The zero-order valence-corrected chi connectivity index (χ0v) is 11.1. The van der Waals surface area contributed by atoms with Gasteiger partial charge in [-0.1, -0.05) is 6.07 Å². The molecule has 2 aromatic rings. The summed E-state index contributed by atoms with van der Waals surface area (Å²) in [5, 5.41) is 5.64. The van der Waals surface area contributed by atoms with Crippen LogP contribution in [-0.4, -0.2) is 22.5 Å². The van der Waals surface area contributed by atoms with Gasteiger partial charge in [0.15, 0.2) is 0 Å². The van der Waals surface area contributed by atoms with Crippen molar-refractivity contribution in [1.82, 2.24) is 9.78 Å². The normalized spacial score (nSPS) is 20.7. The molecule has 0 spiro atoms. The lowest BCUT2D eigenvalue weighted by Gasteiger charge is -2.10. The van der Waals surface area contributed by atoms with Crippen LogP contribution in [0.15, 0.2) is 24.4 Å². The zero-order valence-electron chi connectivity index (χ0n) is 8.90. The molecule has 1 aliphatic heterocycles. The van der Waals surface area contributed by atoms with Gasteiger partial charge in [0.1, 0.15) is 0 Å². The second kappa shape index (κ2) is 4.33. The van der Waals surface area contributed by atoms with Crippen molar-refractivity contribution in [3.63, 3.8) is 0 Å². The number of hydrogen-bond acceptors (Lipinski definition) is 2. The molecule has 3 nitrogen and oxygen atoms in total. The van der Waals surface area contributed by atoms with Crippen molar-refractivity contribution in [2.24, 2.45) is 0 Å². The largest absolute Gasteiger partial charge is 0.376 e. The molecule has 84 valence electrons. The molecule has 16 heavy (non-hydrogen) atoms. The first kappa shape index (κ1) is 10.5. The van der Waals surface area contributed by atoms with Gasteiger partial charge in [0, 0.05) is 15.6 Å². The zero-order chi connectivity index (χ0) is 11.0. The molecule has 0 N–H and O–H groups in total. The lowest BCUT2D eigenvalue weighted by Crippen LogP contribution is -2.15. The van der Waals surface area contributed by atoms with E-state index >= 15 is 0 Å². The maximum Gasteiger partial charge on any atom is 0.0772 e. The van der Waals surface area contributed by atoms with Crippen LogP contribution >= 0.6 is 22.6 Å². The van der Waals surface area contributed by atoms with Gasteiger partial charge in [-0.25, -0.2) is 0 Å². The number of aromatic nitrogens is 2. The SMILES string of the molecule is Ic1ccc2cnn(CC3CCCO3)c2c1. The minimum absolute atomic E-state index is 0.348. The predicted octanol–water partition coefficient (Wildman–Crippen LogP) is 2.82. The molecule has 0 saturated carbocycles. The van der Waals surface area contributed by atoms with E-state index in [-0.39, 0.29) is 0 Å². The second-order valence-electron chi connectivity index (χ2n) is 4.16. The average molecular weight is 328 g/mol. The fourth-order valence-corrected chi connectivity index (χ4v) is 2.65. The molecular weight excluding hydrogens is 315 g/mol. The van der Waals surface area contributed by atoms with E-state index in [1.165, 1.54) is 20.9 Å². The summed E-state index contributed by atoms with van der Waals surface area (Å²) in [4.78, 5) is 0. The number of ether oxygens (including phenoxy) is 1.